The van der Waals surface area contributed by atoms with Crippen molar-refractivity contribution in [1.29, 1.82) is 0 Å². The topological polar surface area (TPSA) is 76.2 Å². The number of nitrogen functional groups attached to an aromatic ring is 1. The van der Waals surface area contributed by atoms with Crippen LogP contribution in [0.4, 0.5) is 5.82 Å². The van der Waals surface area contributed by atoms with Gasteiger partial charge in [-0.15, -0.1) is 0 Å². The average Bonchev–Trinajstić information content (AvgIpc) is 2.82. The summed E-state index contributed by atoms with van der Waals surface area (Å²) in [4.78, 5) is 14.2. The van der Waals surface area contributed by atoms with Crippen LogP contribution in [-0.2, 0) is 11.3 Å². The number of hydrogen-bond donors (Lipinski definition) is 2. The Kier molecular flexibility index (Phi) is 4.79. The van der Waals surface area contributed by atoms with Gasteiger partial charge in [0.15, 0.2) is 0 Å². The molecule has 2 heterocycles. The van der Waals surface area contributed by atoms with E-state index >= 15 is 0 Å². The van der Waals surface area contributed by atoms with Gasteiger partial charge >= 0.3 is 0 Å². The summed E-state index contributed by atoms with van der Waals surface area (Å²) < 4.78 is 1.56. The van der Waals surface area contributed by atoms with Crippen molar-refractivity contribution in [2.24, 2.45) is 5.92 Å². The number of amides is 1. The summed E-state index contributed by atoms with van der Waals surface area (Å²) in [6.45, 7) is 6.62. The Morgan fingerprint density at radius 1 is 1.53 bits per heavy atom. The van der Waals surface area contributed by atoms with Crippen LogP contribution in [0.15, 0.2) is 12.3 Å². The van der Waals surface area contributed by atoms with Gasteiger partial charge in [0, 0.05) is 12.7 Å². The molecule has 3 N–H and O–H groups in total. The standard InChI is InChI=1S/C13H23N5O/c1-2-17-6-3-11(4-7-17)9-15-13(19)10-18-8-5-12(14)16-18/h5,8,11H,2-4,6-7,9-10H2,1H3,(H2,14,16)(H,15,19). The fraction of sp³-hybridized carbons (Fsp3) is 0.692. The van der Waals surface area contributed by atoms with Gasteiger partial charge in [-0.3, -0.25) is 9.48 Å². The van der Waals surface area contributed by atoms with Gasteiger partial charge < -0.3 is 16.0 Å². The second-order valence-electron chi connectivity index (χ2n) is 5.12. The van der Waals surface area contributed by atoms with Crippen LogP contribution in [0.1, 0.15) is 19.8 Å². The fourth-order valence-corrected chi connectivity index (χ4v) is 2.43. The van der Waals surface area contributed by atoms with Gasteiger partial charge in [-0.25, -0.2) is 0 Å². The van der Waals surface area contributed by atoms with E-state index in [2.05, 4.69) is 22.2 Å². The summed E-state index contributed by atoms with van der Waals surface area (Å²) in [5, 5.41) is 6.98. The fourth-order valence-electron chi connectivity index (χ4n) is 2.43. The van der Waals surface area contributed by atoms with Gasteiger partial charge in [-0.1, -0.05) is 6.92 Å². The predicted molar refractivity (Wildman–Crippen MR) is 74.5 cm³/mol. The van der Waals surface area contributed by atoms with Crippen molar-refractivity contribution in [2.75, 3.05) is 31.9 Å². The number of aromatic nitrogens is 2. The molecule has 0 radical (unpaired) electrons. The maximum absolute atomic E-state index is 11.8. The van der Waals surface area contributed by atoms with Crippen molar-refractivity contribution in [3.8, 4) is 0 Å². The Hall–Kier alpha value is -1.56. The number of carbonyl (C=O) groups excluding carboxylic acids is 1. The minimum absolute atomic E-state index is 0.000945. The highest BCUT2D eigenvalue weighted by Gasteiger charge is 2.18. The van der Waals surface area contributed by atoms with E-state index in [1.54, 1.807) is 16.9 Å². The van der Waals surface area contributed by atoms with E-state index in [0.29, 0.717) is 11.7 Å². The van der Waals surface area contributed by atoms with Crippen LogP contribution in [0.2, 0.25) is 0 Å². The molecule has 1 fully saturated rings. The molecule has 1 saturated heterocycles. The molecule has 0 spiro atoms. The first-order valence-corrected chi connectivity index (χ1v) is 6.95. The van der Waals surface area contributed by atoms with Crippen LogP contribution < -0.4 is 11.1 Å². The Bertz CT molecular complexity index is 409. The van der Waals surface area contributed by atoms with Gasteiger partial charge in [0.05, 0.1) is 0 Å². The number of nitrogens with two attached hydrogens (primary N) is 1. The molecule has 106 valence electrons. The zero-order chi connectivity index (χ0) is 13.7. The summed E-state index contributed by atoms with van der Waals surface area (Å²) >= 11 is 0. The third kappa shape index (κ3) is 4.24. The molecule has 1 aromatic heterocycles. The van der Waals surface area contributed by atoms with Crippen LogP contribution in [0.3, 0.4) is 0 Å². The van der Waals surface area contributed by atoms with Gasteiger partial charge in [-0.2, -0.15) is 5.10 Å². The molecule has 19 heavy (non-hydrogen) atoms. The number of carbonyl (C=O) groups is 1. The molecule has 1 aromatic rings. The summed E-state index contributed by atoms with van der Waals surface area (Å²) in [6.07, 6.45) is 4.06. The Morgan fingerprint density at radius 2 is 2.26 bits per heavy atom. The largest absolute Gasteiger partial charge is 0.382 e. The van der Waals surface area contributed by atoms with Crippen molar-refractivity contribution in [1.82, 2.24) is 20.0 Å². The van der Waals surface area contributed by atoms with Crippen LogP contribution in [0, 0.1) is 5.92 Å². The first-order valence-electron chi connectivity index (χ1n) is 6.95. The lowest BCUT2D eigenvalue weighted by atomic mass is 9.97. The molecule has 0 bridgehead atoms. The van der Waals surface area contributed by atoms with Crippen LogP contribution in [-0.4, -0.2) is 46.8 Å². The molecule has 0 unspecified atom stereocenters. The lowest BCUT2D eigenvalue weighted by molar-refractivity contribution is -0.122. The van der Waals surface area contributed by atoms with E-state index in [4.69, 9.17) is 5.73 Å². The molecule has 2 rings (SSSR count). The first kappa shape index (κ1) is 13.9. The Morgan fingerprint density at radius 3 is 2.84 bits per heavy atom. The number of likely N-dealkylation sites (tertiary alicyclic amines) is 1. The highest BCUT2D eigenvalue weighted by atomic mass is 16.2. The summed E-state index contributed by atoms with van der Waals surface area (Å²) in [5.41, 5.74) is 5.50. The van der Waals surface area contributed by atoms with Crippen LogP contribution >= 0.6 is 0 Å². The SMILES string of the molecule is CCN1CCC(CNC(=O)Cn2ccc(N)n2)CC1. The minimum atomic E-state index is 0.000945. The lowest BCUT2D eigenvalue weighted by Crippen LogP contribution is -2.39. The molecule has 0 saturated carbocycles. The van der Waals surface area contributed by atoms with Crippen molar-refractivity contribution >= 4 is 11.7 Å². The van der Waals surface area contributed by atoms with Crippen LogP contribution in [0.25, 0.3) is 0 Å². The van der Waals surface area contributed by atoms with Gasteiger partial charge in [0.25, 0.3) is 0 Å². The Balaban J connectivity index is 1.67. The van der Waals surface area contributed by atoms with E-state index in [1.807, 2.05) is 0 Å². The smallest absolute Gasteiger partial charge is 0.241 e. The maximum atomic E-state index is 11.8. The molecule has 1 aliphatic rings. The lowest BCUT2D eigenvalue weighted by Gasteiger charge is -2.31. The molecule has 6 nitrogen and oxygen atoms in total. The number of hydrogen-bond acceptors (Lipinski definition) is 4. The first-order chi connectivity index (χ1) is 9.17. The van der Waals surface area contributed by atoms with E-state index in [9.17, 15) is 4.79 Å². The van der Waals surface area contributed by atoms with Gasteiger partial charge in [-0.05, 0) is 44.5 Å². The van der Waals surface area contributed by atoms with Gasteiger partial charge in [0.2, 0.25) is 5.91 Å². The molecular formula is C13H23N5O. The Labute approximate surface area is 113 Å². The van der Waals surface area contributed by atoms with Crippen molar-refractivity contribution in [3.63, 3.8) is 0 Å². The zero-order valence-corrected chi connectivity index (χ0v) is 11.5. The normalized spacial score (nSPS) is 17.5. The quantitative estimate of drug-likeness (QED) is 0.803. The van der Waals surface area contributed by atoms with E-state index in [0.717, 1.165) is 26.2 Å². The molecule has 6 heteroatoms. The molecule has 1 aliphatic heterocycles. The number of piperidine rings is 1. The molecule has 0 atom stereocenters. The highest BCUT2D eigenvalue weighted by molar-refractivity contribution is 5.75. The monoisotopic (exact) mass is 265 g/mol. The molecular weight excluding hydrogens is 242 g/mol. The zero-order valence-electron chi connectivity index (χ0n) is 11.5. The summed E-state index contributed by atoms with van der Waals surface area (Å²) in [7, 11) is 0. The van der Waals surface area contributed by atoms with Crippen molar-refractivity contribution in [3.05, 3.63) is 12.3 Å². The third-order valence-corrected chi connectivity index (χ3v) is 3.71. The minimum Gasteiger partial charge on any atom is -0.382 e. The summed E-state index contributed by atoms with van der Waals surface area (Å²) in [5.74, 6) is 1.05. The van der Waals surface area contributed by atoms with E-state index < -0.39 is 0 Å². The van der Waals surface area contributed by atoms with E-state index in [1.165, 1.54) is 12.8 Å². The van der Waals surface area contributed by atoms with Gasteiger partial charge in [0.1, 0.15) is 12.4 Å². The van der Waals surface area contributed by atoms with E-state index in [-0.39, 0.29) is 12.5 Å². The van der Waals surface area contributed by atoms with Crippen molar-refractivity contribution < 1.29 is 4.79 Å². The predicted octanol–water partition coefficient (Wildman–Crippen LogP) is 0.313. The maximum Gasteiger partial charge on any atom is 0.241 e. The second-order valence-corrected chi connectivity index (χ2v) is 5.12. The number of nitrogens with zero attached hydrogens (tertiary/aromatic N) is 3. The molecule has 0 aliphatic carbocycles. The third-order valence-electron chi connectivity index (χ3n) is 3.71. The highest BCUT2D eigenvalue weighted by Crippen LogP contribution is 2.15. The summed E-state index contributed by atoms with van der Waals surface area (Å²) in [6, 6.07) is 1.69. The molecule has 1 amide bonds. The van der Waals surface area contributed by atoms with Crippen LogP contribution in [0.5, 0.6) is 0 Å². The second kappa shape index (κ2) is 6.56. The average molecular weight is 265 g/mol. The van der Waals surface area contributed by atoms with Crippen molar-refractivity contribution in [2.45, 2.75) is 26.3 Å². The molecule has 0 aromatic carbocycles. The number of nitrogens with one attached hydrogen (secondary N) is 1. The number of anilines is 1. The number of rotatable bonds is 5.